The molecule has 0 aliphatic heterocycles. The summed E-state index contributed by atoms with van der Waals surface area (Å²) in [5, 5.41) is 10.5. The highest BCUT2D eigenvalue weighted by atomic mass is 32.1. The van der Waals surface area contributed by atoms with Crippen LogP contribution in [0.5, 0.6) is 0 Å². The van der Waals surface area contributed by atoms with E-state index in [0.29, 0.717) is 5.13 Å². The Kier molecular flexibility index (Phi) is 5.86. The number of rotatable bonds is 6. The second-order valence-electron chi connectivity index (χ2n) is 6.98. The first-order valence-corrected chi connectivity index (χ1v) is 10.5. The van der Waals surface area contributed by atoms with Crippen molar-refractivity contribution in [2.45, 2.75) is 19.4 Å². The lowest BCUT2D eigenvalue weighted by molar-refractivity contribution is -0.120. The summed E-state index contributed by atoms with van der Waals surface area (Å²) in [6.45, 7) is 1.45. The highest BCUT2D eigenvalue weighted by Gasteiger charge is 2.18. The fraction of sp³-hybridized carbons (Fsp3) is 0.125. The van der Waals surface area contributed by atoms with Crippen molar-refractivity contribution in [1.82, 2.24) is 10.3 Å². The van der Waals surface area contributed by atoms with Gasteiger partial charge in [0.05, 0.1) is 18.2 Å². The normalized spacial score (nSPS) is 11.8. The molecule has 0 fully saturated rings. The van der Waals surface area contributed by atoms with Crippen molar-refractivity contribution in [3.8, 4) is 11.3 Å². The van der Waals surface area contributed by atoms with E-state index in [9.17, 15) is 9.59 Å². The molecule has 4 rings (SSSR count). The predicted octanol–water partition coefficient (Wildman–Crippen LogP) is 5.17. The van der Waals surface area contributed by atoms with Gasteiger partial charge in [-0.1, -0.05) is 72.8 Å². The zero-order chi connectivity index (χ0) is 20.9. The Morgan fingerprint density at radius 2 is 1.70 bits per heavy atom. The molecule has 3 aromatic carbocycles. The molecule has 0 aliphatic carbocycles. The summed E-state index contributed by atoms with van der Waals surface area (Å²) in [6, 6.07) is 23.4. The molecule has 5 nitrogen and oxygen atoms in total. The molecule has 4 aromatic rings. The quantitative estimate of drug-likeness (QED) is 0.456. The maximum Gasteiger partial charge on any atom is 0.228 e. The Morgan fingerprint density at radius 3 is 2.50 bits per heavy atom. The number of benzene rings is 3. The molecule has 2 N–H and O–H groups in total. The van der Waals surface area contributed by atoms with Crippen LogP contribution in [0.2, 0.25) is 0 Å². The Morgan fingerprint density at radius 1 is 0.967 bits per heavy atom. The van der Waals surface area contributed by atoms with Crippen LogP contribution >= 0.6 is 11.3 Å². The van der Waals surface area contributed by atoms with E-state index in [1.54, 1.807) is 0 Å². The van der Waals surface area contributed by atoms with Gasteiger partial charge in [-0.3, -0.25) is 9.59 Å². The molecule has 1 heterocycles. The van der Waals surface area contributed by atoms with Gasteiger partial charge in [0.2, 0.25) is 11.8 Å². The van der Waals surface area contributed by atoms with E-state index in [4.69, 9.17) is 0 Å². The van der Waals surface area contributed by atoms with E-state index >= 15 is 0 Å². The standard InChI is InChI=1S/C24H21N3O2S/c1-16(28)25-21(18-9-3-2-4-10-18)14-23(29)27-24-26-22(15-30-24)20-13-7-11-17-8-5-6-12-19(17)20/h2-13,15,21H,14H2,1H3,(H,25,28)(H,26,27,29)/t21-/m1/s1. The van der Waals surface area contributed by atoms with Gasteiger partial charge in [-0.15, -0.1) is 11.3 Å². The predicted molar refractivity (Wildman–Crippen MR) is 121 cm³/mol. The van der Waals surface area contributed by atoms with Gasteiger partial charge in [-0.05, 0) is 16.3 Å². The second kappa shape index (κ2) is 8.88. The number of nitrogens with one attached hydrogen (secondary N) is 2. The first-order chi connectivity index (χ1) is 14.6. The van der Waals surface area contributed by atoms with Crippen molar-refractivity contribution in [1.29, 1.82) is 0 Å². The lowest BCUT2D eigenvalue weighted by Gasteiger charge is -2.17. The van der Waals surface area contributed by atoms with Crippen LogP contribution in [-0.2, 0) is 9.59 Å². The molecule has 30 heavy (non-hydrogen) atoms. The Labute approximate surface area is 178 Å². The Balaban J connectivity index is 1.50. The van der Waals surface area contributed by atoms with Crippen molar-refractivity contribution in [3.05, 3.63) is 83.7 Å². The first kappa shape index (κ1) is 19.8. The zero-order valence-corrected chi connectivity index (χ0v) is 17.3. The monoisotopic (exact) mass is 415 g/mol. The number of anilines is 1. The maximum absolute atomic E-state index is 12.6. The first-order valence-electron chi connectivity index (χ1n) is 9.66. The van der Waals surface area contributed by atoms with Crippen LogP contribution in [0, 0.1) is 0 Å². The van der Waals surface area contributed by atoms with Crippen LogP contribution in [0.1, 0.15) is 24.9 Å². The maximum atomic E-state index is 12.6. The molecule has 0 aliphatic rings. The van der Waals surface area contributed by atoms with Crippen LogP contribution in [0.15, 0.2) is 78.2 Å². The number of carbonyl (C=O) groups excluding carboxylic acids is 2. The van der Waals surface area contributed by atoms with E-state index < -0.39 is 0 Å². The number of aromatic nitrogens is 1. The van der Waals surface area contributed by atoms with E-state index in [-0.39, 0.29) is 24.3 Å². The van der Waals surface area contributed by atoms with Gasteiger partial charge in [-0.25, -0.2) is 4.98 Å². The molecule has 2 amide bonds. The minimum atomic E-state index is -0.388. The highest BCUT2D eigenvalue weighted by molar-refractivity contribution is 7.14. The number of fused-ring (bicyclic) bond motifs is 1. The average molecular weight is 416 g/mol. The number of thiazole rings is 1. The van der Waals surface area contributed by atoms with Crippen LogP contribution in [-0.4, -0.2) is 16.8 Å². The molecule has 0 radical (unpaired) electrons. The van der Waals surface area contributed by atoms with Crippen molar-refractivity contribution in [2.24, 2.45) is 0 Å². The van der Waals surface area contributed by atoms with Crippen molar-refractivity contribution >= 4 is 39.1 Å². The number of hydrogen-bond acceptors (Lipinski definition) is 4. The number of hydrogen-bond donors (Lipinski definition) is 2. The van der Waals surface area contributed by atoms with Crippen molar-refractivity contribution in [2.75, 3.05) is 5.32 Å². The van der Waals surface area contributed by atoms with Gasteiger partial charge in [0.15, 0.2) is 5.13 Å². The third kappa shape index (κ3) is 4.55. The second-order valence-corrected chi connectivity index (χ2v) is 7.84. The van der Waals surface area contributed by atoms with E-state index in [1.807, 2.05) is 60.0 Å². The Hall–Kier alpha value is -3.51. The Bertz CT molecular complexity index is 1180. The van der Waals surface area contributed by atoms with Gasteiger partial charge < -0.3 is 10.6 Å². The molecule has 0 spiro atoms. The number of nitrogens with zero attached hydrogens (tertiary/aromatic N) is 1. The summed E-state index contributed by atoms with van der Waals surface area (Å²) >= 11 is 1.39. The summed E-state index contributed by atoms with van der Waals surface area (Å²) < 4.78 is 0. The van der Waals surface area contributed by atoms with E-state index in [2.05, 4.69) is 33.8 Å². The van der Waals surface area contributed by atoms with Gasteiger partial charge in [0.25, 0.3) is 0 Å². The smallest absolute Gasteiger partial charge is 0.228 e. The summed E-state index contributed by atoms with van der Waals surface area (Å²) in [5.74, 6) is -0.374. The van der Waals surface area contributed by atoms with Gasteiger partial charge in [-0.2, -0.15) is 0 Å². The fourth-order valence-electron chi connectivity index (χ4n) is 3.44. The van der Waals surface area contributed by atoms with Gasteiger partial charge >= 0.3 is 0 Å². The van der Waals surface area contributed by atoms with Crippen LogP contribution in [0.25, 0.3) is 22.0 Å². The van der Waals surface area contributed by atoms with E-state index in [1.165, 1.54) is 18.3 Å². The largest absolute Gasteiger partial charge is 0.349 e. The summed E-state index contributed by atoms with van der Waals surface area (Å²) in [6.07, 6.45) is 0.132. The summed E-state index contributed by atoms with van der Waals surface area (Å²) in [7, 11) is 0. The SMILES string of the molecule is CC(=O)N[C@H](CC(=O)Nc1nc(-c2cccc3ccccc23)cs1)c1ccccc1. The molecule has 0 saturated carbocycles. The minimum Gasteiger partial charge on any atom is -0.349 e. The topological polar surface area (TPSA) is 71.1 Å². The van der Waals surface area contributed by atoms with E-state index in [0.717, 1.165) is 27.6 Å². The lowest BCUT2D eigenvalue weighted by Crippen LogP contribution is -2.29. The summed E-state index contributed by atoms with van der Waals surface area (Å²) in [5.41, 5.74) is 2.75. The van der Waals surface area contributed by atoms with Crippen LogP contribution in [0.4, 0.5) is 5.13 Å². The summed E-state index contributed by atoms with van der Waals surface area (Å²) in [4.78, 5) is 28.8. The van der Waals surface area contributed by atoms with Crippen LogP contribution < -0.4 is 10.6 Å². The molecule has 6 heteroatoms. The number of amides is 2. The molecule has 150 valence electrons. The third-order valence-electron chi connectivity index (χ3n) is 4.79. The molecular formula is C24H21N3O2S. The molecule has 0 bridgehead atoms. The highest BCUT2D eigenvalue weighted by Crippen LogP contribution is 2.31. The van der Waals surface area contributed by atoms with Gasteiger partial charge in [0.1, 0.15) is 0 Å². The van der Waals surface area contributed by atoms with Crippen molar-refractivity contribution < 1.29 is 9.59 Å². The minimum absolute atomic E-state index is 0.132. The molecule has 0 unspecified atom stereocenters. The lowest BCUT2D eigenvalue weighted by atomic mass is 10.0. The zero-order valence-electron chi connectivity index (χ0n) is 16.5. The fourth-order valence-corrected chi connectivity index (χ4v) is 4.17. The number of carbonyl (C=O) groups is 2. The average Bonchev–Trinajstić information content (AvgIpc) is 3.21. The molecule has 1 atom stereocenters. The molecule has 0 saturated heterocycles. The van der Waals surface area contributed by atoms with Gasteiger partial charge in [0, 0.05) is 17.9 Å². The van der Waals surface area contributed by atoms with Crippen molar-refractivity contribution in [3.63, 3.8) is 0 Å². The third-order valence-corrected chi connectivity index (χ3v) is 5.54. The molecule has 1 aromatic heterocycles. The van der Waals surface area contributed by atoms with Crippen LogP contribution in [0.3, 0.4) is 0 Å². The molecular weight excluding hydrogens is 394 g/mol.